The maximum absolute atomic E-state index is 13.3. The third-order valence-corrected chi connectivity index (χ3v) is 7.55. The van der Waals surface area contributed by atoms with Crippen LogP contribution in [0.4, 0.5) is 0 Å². The molecular formula is C25H29N3O3S. The number of carbonyl (C=O) groups excluding carboxylic acids is 1. The number of amides is 1. The van der Waals surface area contributed by atoms with E-state index in [1.807, 2.05) is 18.2 Å². The molecule has 0 saturated carbocycles. The summed E-state index contributed by atoms with van der Waals surface area (Å²) in [5.41, 5.74) is 7.05. The molecule has 1 atom stereocenters. The molecule has 1 N–H and O–H groups in total. The van der Waals surface area contributed by atoms with Gasteiger partial charge in [0.1, 0.15) is 0 Å². The Bertz CT molecular complexity index is 1190. The first-order valence-corrected chi connectivity index (χ1v) is 12.4. The van der Waals surface area contributed by atoms with E-state index in [0.29, 0.717) is 26.1 Å². The molecule has 2 aliphatic heterocycles. The highest BCUT2D eigenvalue weighted by Crippen LogP contribution is 2.25. The minimum absolute atomic E-state index is 0.0864. The molecule has 0 aliphatic carbocycles. The van der Waals surface area contributed by atoms with Crippen molar-refractivity contribution in [3.05, 3.63) is 81.9 Å². The Labute approximate surface area is 190 Å². The van der Waals surface area contributed by atoms with Crippen LogP contribution in [0.2, 0.25) is 0 Å². The molecule has 1 unspecified atom stereocenters. The largest absolute Gasteiger partial charge is 0.287 e. The molecule has 32 heavy (non-hydrogen) atoms. The number of rotatable bonds is 3. The summed E-state index contributed by atoms with van der Waals surface area (Å²) in [6.07, 6.45) is 4.38. The van der Waals surface area contributed by atoms with Crippen molar-refractivity contribution in [2.24, 2.45) is 4.99 Å². The molecule has 2 aromatic rings. The maximum atomic E-state index is 13.3. The lowest BCUT2D eigenvalue weighted by Gasteiger charge is -2.30. The van der Waals surface area contributed by atoms with Gasteiger partial charge in [0.2, 0.25) is 0 Å². The fourth-order valence-corrected chi connectivity index (χ4v) is 5.67. The second kappa shape index (κ2) is 9.00. The first-order valence-electron chi connectivity index (χ1n) is 10.9. The number of sulfonamides is 1. The van der Waals surface area contributed by atoms with Crippen LogP contribution in [-0.2, 0) is 34.2 Å². The van der Waals surface area contributed by atoms with Gasteiger partial charge in [0.15, 0.2) is 5.04 Å². The van der Waals surface area contributed by atoms with E-state index in [-0.39, 0.29) is 5.04 Å². The Morgan fingerprint density at radius 1 is 1.12 bits per heavy atom. The molecule has 0 spiro atoms. The Balaban J connectivity index is 1.66. The molecule has 2 aliphatic rings. The molecule has 0 bridgehead atoms. The van der Waals surface area contributed by atoms with Crippen molar-refractivity contribution in [1.82, 2.24) is 9.62 Å². The standard InChI is InChI=1S/C25H29N3O3S/c1-17-13-18(2)22(19(3)14-17)16-28-12-10-20-7-4-5-8-21(20)15-23(28)25(29)27-32(30,31)24-9-6-11-26-24/h4-9,13-14,23H,10-12,15-16H2,1-3H3,(H,27,29). The fourth-order valence-electron chi connectivity index (χ4n) is 4.64. The lowest BCUT2D eigenvalue weighted by Crippen LogP contribution is -2.50. The molecular weight excluding hydrogens is 422 g/mol. The highest BCUT2D eigenvalue weighted by molar-refractivity contribution is 8.05. The van der Waals surface area contributed by atoms with Gasteiger partial charge in [0.05, 0.1) is 12.6 Å². The van der Waals surface area contributed by atoms with Crippen molar-refractivity contribution in [2.45, 2.75) is 46.2 Å². The summed E-state index contributed by atoms with van der Waals surface area (Å²) < 4.78 is 27.7. The van der Waals surface area contributed by atoms with E-state index < -0.39 is 22.0 Å². The predicted molar refractivity (Wildman–Crippen MR) is 127 cm³/mol. The van der Waals surface area contributed by atoms with Crippen LogP contribution in [-0.4, -0.2) is 43.4 Å². The van der Waals surface area contributed by atoms with Crippen LogP contribution in [0.25, 0.3) is 0 Å². The zero-order chi connectivity index (χ0) is 22.9. The highest BCUT2D eigenvalue weighted by Gasteiger charge is 2.33. The van der Waals surface area contributed by atoms with Crippen molar-refractivity contribution in [2.75, 3.05) is 13.1 Å². The average molecular weight is 452 g/mol. The normalized spacial score (nSPS) is 18.7. The van der Waals surface area contributed by atoms with Gasteiger partial charge in [0, 0.05) is 13.1 Å². The van der Waals surface area contributed by atoms with Crippen LogP contribution in [0.1, 0.15) is 33.4 Å². The number of aliphatic imine (C=N–C) groups is 1. The third-order valence-electron chi connectivity index (χ3n) is 6.27. The molecule has 7 heteroatoms. The van der Waals surface area contributed by atoms with E-state index in [2.05, 4.69) is 53.6 Å². The van der Waals surface area contributed by atoms with Crippen LogP contribution in [0.5, 0.6) is 0 Å². The monoisotopic (exact) mass is 451 g/mol. The summed E-state index contributed by atoms with van der Waals surface area (Å²) in [5, 5.41) is -0.0864. The molecule has 1 amide bonds. The van der Waals surface area contributed by atoms with Crippen molar-refractivity contribution in [1.29, 1.82) is 0 Å². The number of aryl methyl sites for hydroxylation is 3. The summed E-state index contributed by atoms with van der Waals surface area (Å²) in [4.78, 5) is 19.4. The van der Waals surface area contributed by atoms with E-state index >= 15 is 0 Å². The van der Waals surface area contributed by atoms with Gasteiger partial charge >= 0.3 is 0 Å². The summed E-state index contributed by atoms with van der Waals surface area (Å²) in [7, 11) is -3.98. The lowest BCUT2D eigenvalue weighted by molar-refractivity contribution is -0.124. The van der Waals surface area contributed by atoms with E-state index in [0.717, 1.165) is 12.0 Å². The molecule has 2 aromatic carbocycles. The van der Waals surface area contributed by atoms with Crippen molar-refractivity contribution in [3.8, 4) is 0 Å². The zero-order valence-electron chi connectivity index (χ0n) is 18.8. The van der Waals surface area contributed by atoms with E-state index in [1.54, 1.807) is 6.08 Å². The second-order valence-electron chi connectivity index (χ2n) is 8.64. The summed E-state index contributed by atoms with van der Waals surface area (Å²) in [6.45, 7) is 7.83. The van der Waals surface area contributed by atoms with Gasteiger partial charge in [-0.2, -0.15) is 8.42 Å². The number of nitrogens with one attached hydrogen (secondary N) is 1. The first kappa shape index (κ1) is 22.4. The average Bonchev–Trinajstić information content (AvgIpc) is 3.21. The van der Waals surface area contributed by atoms with Crippen LogP contribution >= 0.6 is 0 Å². The minimum atomic E-state index is -3.98. The van der Waals surface area contributed by atoms with Crippen molar-refractivity contribution >= 4 is 21.0 Å². The first-order chi connectivity index (χ1) is 15.2. The Kier molecular flexibility index (Phi) is 6.31. The summed E-state index contributed by atoms with van der Waals surface area (Å²) >= 11 is 0. The number of hydrogen-bond donors (Lipinski definition) is 1. The highest BCUT2D eigenvalue weighted by atomic mass is 32.2. The Morgan fingerprint density at radius 2 is 1.81 bits per heavy atom. The minimum Gasteiger partial charge on any atom is -0.287 e. The number of nitrogens with zero attached hydrogens (tertiary/aromatic N) is 2. The zero-order valence-corrected chi connectivity index (χ0v) is 19.6. The van der Waals surface area contributed by atoms with Gasteiger partial charge in [-0.15, -0.1) is 0 Å². The summed E-state index contributed by atoms with van der Waals surface area (Å²) in [5.74, 6) is -0.507. The van der Waals surface area contributed by atoms with E-state index in [4.69, 9.17) is 0 Å². The smallest absolute Gasteiger partial charge is 0.281 e. The van der Waals surface area contributed by atoms with Crippen molar-refractivity contribution < 1.29 is 13.2 Å². The van der Waals surface area contributed by atoms with E-state index in [1.165, 1.54) is 33.9 Å². The lowest BCUT2D eigenvalue weighted by atomic mass is 9.98. The van der Waals surface area contributed by atoms with Crippen LogP contribution in [0.15, 0.2) is 53.5 Å². The van der Waals surface area contributed by atoms with Gasteiger partial charge in [-0.05, 0) is 67.5 Å². The Morgan fingerprint density at radius 3 is 2.47 bits per heavy atom. The number of hydrogen-bond acceptors (Lipinski definition) is 5. The fraction of sp³-hybridized carbons (Fsp3) is 0.360. The second-order valence-corrected chi connectivity index (χ2v) is 10.3. The number of carbonyl (C=O) groups is 1. The third kappa shape index (κ3) is 4.69. The quantitative estimate of drug-likeness (QED) is 0.778. The summed E-state index contributed by atoms with van der Waals surface area (Å²) in [6, 6.07) is 11.8. The molecule has 0 saturated heterocycles. The van der Waals surface area contributed by atoms with Gasteiger partial charge in [0.25, 0.3) is 15.9 Å². The molecule has 2 heterocycles. The van der Waals surface area contributed by atoms with E-state index in [9.17, 15) is 13.2 Å². The van der Waals surface area contributed by atoms with Crippen molar-refractivity contribution in [3.63, 3.8) is 0 Å². The molecule has 6 nitrogen and oxygen atoms in total. The molecule has 0 fully saturated rings. The number of fused-ring (bicyclic) bond motifs is 1. The molecule has 0 aromatic heterocycles. The Hall–Kier alpha value is -2.77. The SMILES string of the molecule is Cc1cc(C)c(CN2CCc3ccccc3CC2C(=O)NS(=O)(=O)C2=NCC=C2)c(C)c1. The number of benzene rings is 2. The maximum Gasteiger partial charge on any atom is 0.281 e. The molecule has 168 valence electrons. The topological polar surface area (TPSA) is 78.8 Å². The van der Waals surface area contributed by atoms with Crippen LogP contribution in [0, 0.1) is 20.8 Å². The predicted octanol–water partition coefficient (Wildman–Crippen LogP) is 3.00. The van der Waals surface area contributed by atoms with Gasteiger partial charge in [-0.3, -0.25) is 14.7 Å². The van der Waals surface area contributed by atoms with Crippen LogP contribution in [0.3, 0.4) is 0 Å². The van der Waals surface area contributed by atoms with Crippen LogP contribution < -0.4 is 4.72 Å². The van der Waals surface area contributed by atoms with Gasteiger partial charge in [-0.25, -0.2) is 4.72 Å². The van der Waals surface area contributed by atoms with Gasteiger partial charge in [-0.1, -0.05) is 48.0 Å². The van der Waals surface area contributed by atoms with Gasteiger partial charge < -0.3 is 0 Å². The molecule has 4 rings (SSSR count). The molecule has 0 radical (unpaired) electrons.